The van der Waals surface area contributed by atoms with Crippen molar-refractivity contribution in [3.8, 4) is 17.1 Å². The molecule has 0 saturated heterocycles. The number of hydrogen-bond donors (Lipinski definition) is 1. The van der Waals surface area contributed by atoms with E-state index in [2.05, 4.69) is 15.2 Å². The fraction of sp³-hybridized carbons (Fsp3) is 0. The van der Waals surface area contributed by atoms with Crippen LogP contribution in [0.1, 0.15) is 0 Å². The van der Waals surface area contributed by atoms with Crippen LogP contribution in [0.2, 0.25) is 0 Å². The predicted octanol–water partition coefficient (Wildman–Crippen LogP) is 1.62. The average molecular weight is 238 g/mol. The van der Waals surface area contributed by atoms with Crippen LogP contribution in [0.15, 0.2) is 59.8 Å². The highest BCUT2D eigenvalue weighted by Gasteiger charge is 2.08. The number of para-hydroxylation sites is 1. The van der Waals surface area contributed by atoms with Gasteiger partial charge in [-0.3, -0.25) is 9.36 Å². The number of nitrogens with one attached hydrogen (secondary N) is 1. The van der Waals surface area contributed by atoms with Gasteiger partial charge >= 0.3 is 0 Å². The maximum atomic E-state index is 11.3. The van der Waals surface area contributed by atoms with Crippen LogP contribution in [0.4, 0.5) is 0 Å². The highest BCUT2D eigenvalue weighted by Crippen LogP contribution is 2.18. The van der Waals surface area contributed by atoms with Crippen molar-refractivity contribution in [3.05, 3.63) is 65.3 Å². The molecular weight excluding hydrogens is 228 g/mol. The topological polar surface area (TPSA) is 63.6 Å². The van der Waals surface area contributed by atoms with Gasteiger partial charge in [-0.2, -0.15) is 0 Å². The predicted molar refractivity (Wildman–Crippen MR) is 67.4 cm³/mol. The first-order valence-corrected chi connectivity index (χ1v) is 5.49. The van der Waals surface area contributed by atoms with Crippen LogP contribution in [0.5, 0.6) is 0 Å². The summed E-state index contributed by atoms with van der Waals surface area (Å²) < 4.78 is 1.84. The Morgan fingerprint density at radius 2 is 1.94 bits per heavy atom. The molecule has 0 aliphatic rings. The molecule has 5 nitrogen and oxygen atoms in total. The van der Waals surface area contributed by atoms with Gasteiger partial charge in [-0.25, -0.2) is 0 Å². The van der Waals surface area contributed by atoms with Crippen molar-refractivity contribution in [1.82, 2.24) is 19.7 Å². The van der Waals surface area contributed by atoms with Gasteiger partial charge in [0.05, 0.1) is 0 Å². The van der Waals surface area contributed by atoms with E-state index in [4.69, 9.17) is 0 Å². The van der Waals surface area contributed by atoms with E-state index < -0.39 is 0 Å². The van der Waals surface area contributed by atoms with Gasteiger partial charge in [0.1, 0.15) is 6.33 Å². The van der Waals surface area contributed by atoms with E-state index in [9.17, 15) is 4.79 Å². The molecular formula is C13H10N4O. The molecule has 18 heavy (non-hydrogen) atoms. The van der Waals surface area contributed by atoms with Gasteiger partial charge < -0.3 is 4.98 Å². The highest BCUT2D eigenvalue weighted by atomic mass is 16.1. The SMILES string of the molecule is O=c1cc(-c2nncn2-c2ccccc2)cc[nH]1. The van der Waals surface area contributed by atoms with E-state index in [1.807, 2.05) is 34.9 Å². The molecule has 3 rings (SSSR count). The molecule has 1 N–H and O–H groups in total. The lowest BCUT2D eigenvalue weighted by atomic mass is 10.2. The molecule has 5 heteroatoms. The van der Waals surface area contributed by atoms with Crippen molar-refractivity contribution in [3.63, 3.8) is 0 Å². The number of aromatic nitrogens is 4. The molecule has 2 aromatic heterocycles. The zero-order valence-corrected chi connectivity index (χ0v) is 9.45. The van der Waals surface area contributed by atoms with Crippen LogP contribution >= 0.6 is 0 Å². The third-order valence-electron chi connectivity index (χ3n) is 2.62. The highest BCUT2D eigenvalue weighted by molar-refractivity contribution is 5.56. The minimum atomic E-state index is -0.157. The molecule has 0 unspecified atom stereocenters. The van der Waals surface area contributed by atoms with Crippen LogP contribution in [0, 0.1) is 0 Å². The summed E-state index contributed by atoms with van der Waals surface area (Å²) in [6, 6.07) is 13.0. The van der Waals surface area contributed by atoms with Gasteiger partial charge in [-0.15, -0.1) is 10.2 Å². The van der Waals surface area contributed by atoms with Crippen LogP contribution in [0.25, 0.3) is 17.1 Å². The number of benzene rings is 1. The van der Waals surface area contributed by atoms with Crippen LogP contribution < -0.4 is 5.56 Å². The van der Waals surface area contributed by atoms with Crippen molar-refractivity contribution in [2.24, 2.45) is 0 Å². The molecule has 88 valence electrons. The molecule has 1 aromatic carbocycles. The average Bonchev–Trinajstić information content (AvgIpc) is 2.89. The molecule has 0 radical (unpaired) electrons. The summed E-state index contributed by atoms with van der Waals surface area (Å²) in [5.41, 5.74) is 1.54. The first-order chi connectivity index (χ1) is 8.84. The lowest BCUT2D eigenvalue weighted by molar-refractivity contribution is 1.06. The lowest BCUT2D eigenvalue weighted by Gasteiger charge is -2.05. The number of nitrogens with zero attached hydrogens (tertiary/aromatic N) is 3. The van der Waals surface area contributed by atoms with Gasteiger partial charge in [0.25, 0.3) is 0 Å². The Balaban J connectivity index is 2.16. The van der Waals surface area contributed by atoms with Crippen LogP contribution in [-0.4, -0.2) is 19.7 Å². The lowest BCUT2D eigenvalue weighted by Crippen LogP contribution is -2.04. The Morgan fingerprint density at radius 3 is 2.72 bits per heavy atom. The first-order valence-electron chi connectivity index (χ1n) is 5.49. The standard InChI is InChI=1S/C13H10N4O/c18-12-8-10(6-7-14-12)13-16-15-9-17(13)11-4-2-1-3-5-11/h1-9H,(H,14,18). The first kappa shape index (κ1) is 10.5. The van der Waals surface area contributed by atoms with Gasteiger partial charge in [0.2, 0.25) is 5.56 Å². The summed E-state index contributed by atoms with van der Waals surface area (Å²) in [5, 5.41) is 7.97. The minimum Gasteiger partial charge on any atom is -0.329 e. The van der Waals surface area contributed by atoms with E-state index >= 15 is 0 Å². The van der Waals surface area contributed by atoms with Crippen molar-refractivity contribution in [2.75, 3.05) is 0 Å². The fourth-order valence-electron chi connectivity index (χ4n) is 1.79. The van der Waals surface area contributed by atoms with Gasteiger partial charge in [0.15, 0.2) is 5.82 Å². The molecule has 2 heterocycles. The number of H-pyrrole nitrogens is 1. The van der Waals surface area contributed by atoms with Crippen molar-refractivity contribution in [1.29, 1.82) is 0 Å². The van der Waals surface area contributed by atoms with E-state index in [1.165, 1.54) is 6.07 Å². The molecule has 0 saturated carbocycles. The zero-order valence-electron chi connectivity index (χ0n) is 9.45. The largest absolute Gasteiger partial charge is 0.329 e. The minimum absolute atomic E-state index is 0.157. The van der Waals surface area contributed by atoms with Crippen LogP contribution in [0.3, 0.4) is 0 Å². The number of pyridine rings is 1. The Kier molecular flexibility index (Phi) is 2.49. The fourth-order valence-corrected chi connectivity index (χ4v) is 1.79. The third kappa shape index (κ3) is 1.82. The Morgan fingerprint density at radius 1 is 1.11 bits per heavy atom. The van der Waals surface area contributed by atoms with Crippen molar-refractivity contribution in [2.45, 2.75) is 0 Å². The quantitative estimate of drug-likeness (QED) is 0.738. The summed E-state index contributed by atoms with van der Waals surface area (Å²) in [4.78, 5) is 13.9. The summed E-state index contributed by atoms with van der Waals surface area (Å²) in [6.45, 7) is 0. The van der Waals surface area contributed by atoms with Crippen molar-refractivity contribution >= 4 is 0 Å². The molecule has 0 fully saturated rings. The maximum Gasteiger partial charge on any atom is 0.248 e. The van der Waals surface area contributed by atoms with Gasteiger partial charge in [-0.1, -0.05) is 18.2 Å². The van der Waals surface area contributed by atoms with Gasteiger partial charge in [-0.05, 0) is 18.2 Å². The van der Waals surface area contributed by atoms with Gasteiger partial charge in [0, 0.05) is 23.5 Å². The summed E-state index contributed by atoms with van der Waals surface area (Å²) in [5.74, 6) is 0.646. The normalized spacial score (nSPS) is 10.4. The smallest absolute Gasteiger partial charge is 0.248 e. The van der Waals surface area contributed by atoms with E-state index in [0.717, 1.165) is 11.3 Å². The molecule has 0 bridgehead atoms. The monoisotopic (exact) mass is 238 g/mol. The van der Waals surface area contributed by atoms with E-state index in [0.29, 0.717) is 5.82 Å². The number of hydrogen-bond acceptors (Lipinski definition) is 3. The number of rotatable bonds is 2. The summed E-state index contributed by atoms with van der Waals surface area (Å²) in [6.07, 6.45) is 3.23. The molecule has 0 atom stereocenters. The molecule has 3 aromatic rings. The van der Waals surface area contributed by atoms with Crippen LogP contribution in [-0.2, 0) is 0 Å². The molecule has 0 aliphatic carbocycles. The molecule has 0 spiro atoms. The Labute approximate surface area is 103 Å². The van der Waals surface area contributed by atoms with Crippen molar-refractivity contribution < 1.29 is 0 Å². The Bertz CT molecular complexity index is 715. The second-order valence-electron chi connectivity index (χ2n) is 3.80. The zero-order chi connectivity index (χ0) is 12.4. The second-order valence-corrected chi connectivity index (χ2v) is 3.80. The molecule has 0 aliphatic heterocycles. The third-order valence-corrected chi connectivity index (χ3v) is 2.62. The maximum absolute atomic E-state index is 11.3. The van der Waals surface area contributed by atoms with E-state index in [1.54, 1.807) is 18.6 Å². The van der Waals surface area contributed by atoms with E-state index in [-0.39, 0.29) is 5.56 Å². The second kappa shape index (κ2) is 4.29. The Hall–Kier alpha value is -2.69. The molecule has 0 amide bonds. The number of aromatic amines is 1. The summed E-state index contributed by atoms with van der Waals surface area (Å²) >= 11 is 0. The summed E-state index contributed by atoms with van der Waals surface area (Å²) in [7, 11) is 0.